The second-order valence-electron chi connectivity index (χ2n) is 3.64. The third-order valence-electron chi connectivity index (χ3n) is 2.92. The van der Waals surface area contributed by atoms with Crippen LogP contribution in [0, 0.1) is 17.8 Å². The number of esters is 2. The highest BCUT2D eigenvalue weighted by Crippen LogP contribution is 2.43. The highest BCUT2D eigenvalue weighted by molar-refractivity contribution is 5.97. The van der Waals surface area contributed by atoms with E-state index in [9.17, 15) is 9.59 Å². The molecule has 0 radical (unpaired) electrons. The molecule has 0 spiro atoms. The average Bonchev–Trinajstić information content (AvgIpc) is 2.58. The lowest BCUT2D eigenvalue weighted by Crippen LogP contribution is -2.16. The monoisotopic (exact) mass is 180 g/mol. The molecule has 1 saturated carbocycles. The van der Waals surface area contributed by atoms with Crippen LogP contribution >= 0.6 is 0 Å². The van der Waals surface area contributed by atoms with Gasteiger partial charge in [-0.2, -0.15) is 0 Å². The van der Waals surface area contributed by atoms with Gasteiger partial charge in [-0.3, -0.25) is 9.59 Å². The van der Waals surface area contributed by atoms with E-state index in [1.54, 1.807) is 0 Å². The van der Waals surface area contributed by atoms with E-state index >= 15 is 0 Å². The van der Waals surface area contributed by atoms with Gasteiger partial charge in [-0.1, -0.05) is 12.2 Å². The zero-order valence-corrected chi connectivity index (χ0v) is 7.53. The third kappa shape index (κ3) is 1.19. The molecule has 3 nitrogen and oxygen atoms in total. The Hall–Kier alpha value is -1.12. The number of carbonyl (C=O) groups excluding carboxylic acids is 2. The summed E-state index contributed by atoms with van der Waals surface area (Å²) in [5, 5.41) is 0. The topological polar surface area (TPSA) is 43.4 Å². The number of carbonyl (C=O) groups is 2. The molecule has 0 aromatic carbocycles. The van der Waals surface area contributed by atoms with Crippen molar-refractivity contribution in [2.75, 3.05) is 0 Å². The molecule has 2 aliphatic rings. The first-order chi connectivity index (χ1) is 6.24. The van der Waals surface area contributed by atoms with Crippen molar-refractivity contribution in [3.8, 4) is 0 Å². The quantitative estimate of drug-likeness (QED) is 0.347. The largest absolute Gasteiger partial charge is 0.393 e. The van der Waals surface area contributed by atoms with Crippen molar-refractivity contribution in [1.29, 1.82) is 0 Å². The van der Waals surface area contributed by atoms with Crippen LogP contribution in [0.1, 0.15) is 19.8 Å². The summed E-state index contributed by atoms with van der Waals surface area (Å²) in [6, 6.07) is 0. The van der Waals surface area contributed by atoms with Gasteiger partial charge in [-0.15, -0.1) is 0 Å². The van der Waals surface area contributed by atoms with Crippen LogP contribution < -0.4 is 0 Å². The Labute approximate surface area is 76.8 Å². The number of allylic oxidation sites excluding steroid dienone is 2. The Balaban J connectivity index is 2.22. The maximum Gasteiger partial charge on any atom is 0.318 e. The maximum absolute atomic E-state index is 11.3. The van der Waals surface area contributed by atoms with Gasteiger partial charge < -0.3 is 4.74 Å². The van der Waals surface area contributed by atoms with E-state index in [1.807, 2.05) is 19.1 Å². The summed E-state index contributed by atoms with van der Waals surface area (Å²) >= 11 is 0. The number of cyclic esters (lactones) is 2. The van der Waals surface area contributed by atoms with E-state index in [2.05, 4.69) is 4.74 Å². The molecule has 1 aliphatic carbocycles. The molecule has 13 heavy (non-hydrogen) atoms. The maximum atomic E-state index is 11.3. The Bertz CT molecular complexity index is 280. The van der Waals surface area contributed by atoms with Crippen molar-refractivity contribution in [1.82, 2.24) is 0 Å². The van der Waals surface area contributed by atoms with Crippen LogP contribution in [0.4, 0.5) is 0 Å². The highest BCUT2D eigenvalue weighted by Gasteiger charge is 2.51. The summed E-state index contributed by atoms with van der Waals surface area (Å²) < 4.78 is 4.59. The van der Waals surface area contributed by atoms with Crippen molar-refractivity contribution in [2.45, 2.75) is 19.8 Å². The second-order valence-corrected chi connectivity index (χ2v) is 3.64. The fourth-order valence-corrected chi connectivity index (χ4v) is 2.34. The van der Waals surface area contributed by atoms with E-state index in [1.165, 1.54) is 0 Å². The fraction of sp³-hybridized carbons (Fsp3) is 0.600. The van der Waals surface area contributed by atoms with Gasteiger partial charge in [0.1, 0.15) is 0 Å². The number of hydrogen-bond donors (Lipinski definition) is 0. The normalized spacial score (nSPS) is 38.4. The number of rotatable bonds is 1. The van der Waals surface area contributed by atoms with E-state index in [0.29, 0.717) is 0 Å². The van der Waals surface area contributed by atoms with E-state index in [4.69, 9.17) is 0 Å². The van der Waals surface area contributed by atoms with Gasteiger partial charge in [0.05, 0.1) is 11.8 Å². The molecule has 2 fully saturated rings. The van der Waals surface area contributed by atoms with Gasteiger partial charge in [0.15, 0.2) is 0 Å². The lowest BCUT2D eigenvalue weighted by Gasteiger charge is -2.08. The van der Waals surface area contributed by atoms with E-state index < -0.39 is 0 Å². The fourth-order valence-electron chi connectivity index (χ4n) is 2.34. The Morgan fingerprint density at radius 1 is 1.31 bits per heavy atom. The molecule has 3 heteroatoms. The summed E-state index contributed by atoms with van der Waals surface area (Å²) in [4.78, 5) is 22.4. The number of ether oxygens (including phenoxy) is 1. The van der Waals surface area contributed by atoms with Crippen LogP contribution in [0.5, 0.6) is 0 Å². The molecule has 2 rings (SSSR count). The smallest absolute Gasteiger partial charge is 0.318 e. The van der Waals surface area contributed by atoms with Gasteiger partial charge in [0.2, 0.25) is 0 Å². The Kier molecular flexibility index (Phi) is 1.94. The minimum atomic E-state index is -0.324. The van der Waals surface area contributed by atoms with Crippen LogP contribution in [0.3, 0.4) is 0 Å². The zero-order valence-electron chi connectivity index (χ0n) is 7.53. The highest BCUT2D eigenvalue weighted by atomic mass is 16.6. The predicted octanol–water partition coefficient (Wildman–Crippen LogP) is 1.29. The molecular formula is C10H12O3. The van der Waals surface area contributed by atoms with Gasteiger partial charge in [-0.05, 0) is 25.7 Å². The van der Waals surface area contributed by atoms with E-state index in [0.717, 1.165) is 12.8 Å². The molecule has 3 unspecified atom stereocenters. The Morgan fingerprint density at radius 2 is 2.08 bits per heavy atom. The molecule has 0 N–H and O–H groups in total. The molecule has 70 valence electrons. The van der Waals surface area contributed by atoms with Gasteiger partial charge in [0, 0.05) is 0 Å². The lowest BCUT2D eigenvalue weighted by molar-refractivity contribution is -0.154. The molecule has 0 bridgehead atoms. The molecule has 0 aromatic heterocycles. The summed E-state index contributed by atoms with van der Waals surface area (Å²) in [5.41, 5.74) is 0. The number of fused-ring (bicyclic) bond motifs is 1. The first-order valence-electron chi connectivity index (χ1n) is 4.62. The van der Waals surface area contributed by atoms with Crippen molar-refractivity contribution in [3.05, 3.63) is 12.2 Å². The minimum Gasteiger partial charge on any atom is -0.393 e. The predicted molar refractivity (Wildman–Crippen MR) is 45.6 cm³/mol. The summed E-state index contributed by atoms with van der Waals surface area (Å²) in [6.07, 6.45) is 5.67. The average molecular weight is 180 g/mol. The first-order valence-corrected chi connectivity index (χ1v) is 4.62. The van der Waals surface area contributed by atoms with Crippen molar-refractivity contribution in [3.63, 3.8) is 0 Å². The molecule has 0 aromatic rings. The second kappa shape index (κ2) is 2.98. The van der Waals surface area contributed by atoms with Gasteiger partial charge >= 0.3 is 11.9 Å². The van der Waals surface area contributed by atoms with Crippen LogP contribution in [0.15, 0.2) is 12.2 Å². The summed E-state index contributed by atoms with van der Waals surface area (Å²) in [6.45, 7) is 1.93. The van der Waals surface area contributed by atoms with Crippen LogP contribution in [0.2, 0.25) is 0 Å². The molecule has 0 amide bonds. The summed E-state index contributed by atoms with van der Waals surface area (Å²) in [5.74, 6) is -0.774. The van der Waals surface area contributed by atoms with Crippen LogP contribution in [-0.2, 0) is 14.3 Å². The SMILES string of the molecule is CC=CC1CCC2C(=O)OC(=O)C12. The zero-order chi connectivity index (χ0) is 9.42. The first kappa shape index (κ1) is 8.48. The summed E-state index contributed by atoms with van der Waals surface area (Å²) in [7, 11) is 0. The molecular weight excluding hydrogens is 168 g/mol. The Morgan fingerprint density at radius 3 is 2.77 bits per heavy atom. The number of hydrogen-bond acceptors (Lipinski definition) is 3. The van der Waals surface area contributed by atoms with E-state index in [-0.39, 0.29) is 29.7 Å². The van der Waals surface area contributed by atoms with Crippen LogP contribution in [0.25, 0.3) is 0 Å². The van der Waals surface area contributed by atoms with Crippen molar-refractivity contribution < 1.29 is 14.3 Å². The minimum absolute atomic E-state index is 0.159. The molecule has 1 aliphatic heterocycles. The van der Waals surface area contributed by atoms with Crippen molar-refractivity contribution in [2.24, 2.45) is 17.8 Å². The van der Waals surface area contributed by atoms with Crippen LogP contribution in [-0.4, -0.2) is 11.9 Å². The molecule has 1 heterocycles. The van der Waals surface area contributed by atoms with Gasteiger partial charge in [-0.25, -0.2) is 0 Å². The lowest BCUT2D eigenvalue weighted by atomic mass is 9.91. The third-order valence-corrected chi connectivity index (χ3v) is 2.92. The standard InChI is InChI=1S/C10H12O3/c1-2-3-6-4-5-7-8(6)10(12)13-9(7)11/h2-3,6-8H,4-5H2,1H3. The van der Waals surface area contributed by atoms with Gasteiger partial charge in [0.25, 0.3) is 0 Å². The van der Waals surface area contributed by atoms with Crippen molar-refractivity contribution >= 4 is 11.9 Å². The molecule has 3 atom stereocenters. The molecule has 1 saturated heterocycles.